The largest absolute Gasteiger partial charge is 0.256 e. The van der Waals surface area contributed by atoms with Gasteiger partial charge in [-0.15, -0.1) is 0 Å². The third-order valence-electron chi connectivity index (χ3n) is 5.73. The molecule has 3 nitrogen and oxygen atoms in total. The van der Waals surface area contributed by atoms with Gasteiger partial charge in [-0.25, -0.2) is 8.42 Å². The molecule has 0 atom stereocenters. The van der Waals surface area contributed by atoms with Crippen molar-refractivity contribution in [2.24, 2.45) is 5.41 Å². The van der Waals surface area contributed by atoms with Crippen LogP contribution in [0.2, 0.25) is 0 Å². The van der Waals surface area contributed by atoms with E-state index >= 15 is 0 Å². The molecule has 0 saturated heterocycles. The smallest absolute Gasteiger partial charge is 0.175 e. The zero-order chi connectivity index (χ0) is 17.7. The van der Waals surface area contributed by atoms with Crippen molar-refractivity contribution in [3.63, 3.8) is 0 Å². The SMILES string of the molecule is Cc1ccc(C2=C(c3ccc(S(C)(=O)=O)cc3)CC3(CCC3)C2)nc1. The molecule has 0 bridgehead atoms. The maximum atomic E-state index is 11.7. The molecule has 0 amide bonds. The van der Waals surface area contributed by atoms with Crippen LogP contribution in [0.3, 0.4) is 0 Å². The Morgan fingerprint density at radius 3 is 2.16 bits per heavy atom. The highest BCUT2D eigenvalue weighted by Gasteiger charge is 2.44. The molecule has 1 aromatic heterocycles. The Balaban J connectivity index is 1.77. The monoisotopic (exact) mass is 353 g/mol. The van der Waals surface area contributed by atoms with Gasteiger partial charge in [0.1, 0.15) is 0 Å². The van der Waals surface area contributed by atoms with Gasteiger partial charge in [0.2, 0.25) is 0 Å². The lowest BCUT2D eigenvalue weighted by atomic mass is 9.66. The van der Waals surface area contributed by atoms with E-state index in [1.165, 1.54) is 42.2 Å². The molecule has 1 heterocycles. The second-order valence-electron chi connectivity index (χ2n) is 7.68. The third kappa shape index (κ3) is 3.04. The highest BCUT2D eigenvalue weighted by molar-refractivity contribution is 7.90. The molecule has 2 aliphatic carbocycles. The Morgan fingerprint density at radius 1 is 0.960 bits per heavy atom. The van der Waals surface area contributed by atoms with Crippen LogP contribution < -0.4 is 0 Å². The van der Waals surface area contributed by atoms with Crippen molar-refractivity contribution in [3.8, 4) is 0 Å². The Bertz CT molecular complexity index is 934. The number of hydrogen-bond donors (Lipinski definition) is 0. The van der Waals surface area contributed by atoms with Crippen molar-refractivity contribution < 1.29 is 8.42 Å². The summed E-state index contributed by atoms with van der Waals surface area (Å²) >= 11 is 0. The first-order chi connectivity index (χ1) is 11.9. The van der Waals surface area contributed by atoms with Crippen LogP contribution in [0.1, 0.15) is 48.9 Å². The topological polar surface area (TPSA) is 47.0 Å². The minimum atomic E-state index is -3.16. The summed E-state index contributed by atoms with van der Waals surface area (Å²) < 4.78 is 23.4. The minimum Gasteiger partial charge on any atom is -0.256 e. The van der Waals surface area contributed by atoms with Crippen molar-refractivity contribution in [1.29, 1.82) is 0 Å². The molecule has 25 heavy (non-hydrogen) atoms. The van der Waals surface area contributed by atoms with Gasteiger partial charge in [-0.1, -0.05) is 24.6 Å². The third-order valence-corrected chi connectivity index (χ3v) is 6.86. The van der Waals surface area contributed by atoms with Crippen LogP contribution in [0, 0.1) is 12.3 Å². The molecule has 2 aromatic rings. The number of hydrogen-bond acceptors (Lipinski definition) is 3. The van der Waals surface area contributed by atoms with Crippen molar-refractivity contribution in [3.05, 3.63) is 59.4 Å². The highest BCUT2D eigenvalue weighted by Crippen LogP contribution is 2.59. The van der Waals surface area contributed by atoms with E-state index in [9.17, 15) is 8.42 Å². The number of sulfone groups is 1. The number of nitrogens with zero attached hydrogens (tertiary/aromatic N) is 1. The summed E-state index contributed by atoms with van der Waals surface area (Å²) in [6, 6.07) is 11.6. The Hall–Kier alpha value is -1.94. The predicted molar refractivity (Wildman–Crippen MR) is 101 cm³/mol. The lowest BCUT2D eigenvalue weighted by molar-refractivity contribution is 0.157. The maximum Gasteiger partial charge on any atom is 0.175 e. The molecule has 2 aliphatic rings. The second kappa shape index (κ2) is 5.80. The van der Waals surface area contributed by atoms with E-state index in [4.69, 9.17) is 0 Å². The Labute approximate surface area is 149 Å². The van der Waals surface area contributed by atoms with Crippen molar-refractivity contribution in [1.82, 2.24) is 4.98 Å². The molecular weight excluding hydrogens is 330 g/mol. The Morgan fingerprint density at radius 2 is 1.64 bits per heavy atom. The normalized spacial score (nSPS) is 19.3. The van der Waals surface area contributed by atoms with E-state index in [1.54, 1.807) is 12.1 Å². The average molecular weight is 353 g/mol. The summed E-state index contributed by atoms with van der Waals surface area (Å²) in [5, 5.41) is 0. The predicted octanol–water partition coefficient (Wildman–Crippen LogP) is 4.67. The number of pyridine rings is 1. The first-order valence-electron chi connectivity index (χ1n) is 8.82. The van der Waals surface area contributed by atoms with Crippen LogP contribution in [0.4, 0.5) is 0 Å². The molecule has 1 aromatic carbocycles. The maximum absolute atomic E-state index is 11.7. The van der Waals surface area contributed by atoms with Gasteiger partial charge in [0.05, 0.1) is 10.6 Å². The lowest BCUT2D eigenvalue weighted by Crippen LogP contribution is -2.26. The van der Waals surface area contributed by atoms with Crippen molar-refractivity contribution in [2.75, 3.05) is 6.26 Å². The molecule has 4 rings (SSSR count). The zero-order valence-electron chi connectivity index (χ0n) is 14.7. The van der Waals surface area contributed by atoms with Crippen molar-refractivity contribution >= 4 is 21.0 Å². The van der Waals surface area contributed by atoms with Gasteiger partial charge in [-0.05, 0) is 78.5 Å². The molecule has 1 spiro atoms. The summed E-state index contributed by atoms with van der Waals surface area (Å²) in [6.07, 6.45) is 9.23. The standard InChI is InChI=1S/C21H23NO2S/c1-15-4-9-20(22-14-15)19-13-21(10-3-11-21)12-18(19)16-5-7-17(8-6-16)25(2,23)24/h4-9,14H,3,10-13H2,1-2H3. The van der Waals surface area contributed by atoms with Gasteiger partial charge in [0, 0.05) is 12.5 Å². The van der Waals surface area contributed by atoms with E-state index in [-0.39, 0.29) is 0 Å². The van der Waals surface area contributed by atoms with Gasteiger partial charge in [0.15, 0.2) is 9.84 Å². The number of aryl methyl sites for hydroxylation is 1. The van der Waals surface area contributed by atoms with Crippen LogP contribution in [-0.2, 0) is 9.84 Å². The minimum absolute atomic E-state index is 0.378. The number of aromatic nitrogens is 1. The fourth-order valence-corrected chi connectivity index (χ4v) is 4.76. The van der Waals surface area contributed by atoms with Crippen LogP contribution in [0.5, 0.6) is 0 Å². The van der Waals surface area contributed by atoms with Crippen LogP contribution in [0.25, 0.3) is 11.1 Å². The van der Waals surface area contributed by atoms with Crippen LogP contribution in [-0.4, -0.2) is 19.7 Å². The van der Waals surface area contributed by atoms with Gasteiger partial charge < -0.3 is 0 Å². The van der Waals surface area contributed by atoms with E-state index in [1.807, 2.05) is 18.3 Å². The number of benzene rings is 1. The molecule has 0 aliphatic heterocycles. The van der Waals surface area contributed by atoms with Gasteiger partial charge in [-0.2, -0.15) is 0 Å². The highest BCUT2D eigenvalue weighted by atomic mass is 32.2. The fraction of sp³-hybridized carbons (Fsp3) is 0.381. The van der Waals surface area contributed by atoms with Gasteiger partial charge >= 0.3 is 0 Å². The van der Waals surface area contributed by atoms with E-state index in [0.29, 0.717) is 10.3 Å². The van der Waals surface area contributed by atoms with Crippen molar-refractivity contribution in [2.45, 2.75) is 43.9 Å². The molecule has 0 N–H and O–H groups in total. The van der Waals surface area contributed by atoms with Gasteiger partial charge in [0.25, 0.3) is 0 Å². The number of rotatable bonds is 3. The molecule has 1 saturated carbocycles. The Kier molecular flexibility index (Phi) is 3.84. The first kappa shape index (κ1) is 16.5. The first-order valence-corrected chi connectivity index (χ1v) is 10.7. The average Bonchev–Trinajstić information content (AvgIpc) is 2.96. The molecule has 1 fully saturated rings. The summed E-state index contributed by atoms with van der Waals surface area (Å²) in [5.74, 6) is 0. The molecular formula is C21H23NO2S. The van der Waals surface area contributed by atoms with Crippen LogP contribution >= 0.6 is 0 Å². The van der Waals surface area contributed by atoms with Crippen LogP contribution in [0.15, 0.2) is 47.5 Å². The fourth-order valence-electron chi connectivity index (χ4n) is 4.13. The summed E-state index contributed by atoms with van der Waals surface area (Å²) in [5.41, 5.74) is 6.46. The second-order valence-corrected chi connectivity index (χ2v) is 9.70. The summed E-state index contributed by atoms with van der Waals surface area (Å²) in [6.45, 7) is 2.05. The van der Waals surface area contributed by atoms with E-state index < -0.39 is 9.84 Å². The number of allylic oxidation sites excluding steroid dienone is 2. The molecule has 130 valence electrons. The quantitative estimate of drug-likeness (QED) is 0.806. The van der Waals surface area contributed by atoms with E-state index in [2.05, 4.69) is 24.0 Å². The molecule has 0 radical (unpaired) electrons. The summed E-state index contributed by atoms with van der Waals surface area (Å²) in [7, 11) is -3.16. The van der Waals surface area contributed by atoms with Gasteiger partial charge in [-0.3, -0.25) is 4.98 Å². The lowest BCUT2D eigenvalue weighted by Gasteiger charge is -2.39. The molecule has 0 unspecified atom stereocenters. The van der Waals surface area contributed by atoms with E-state index in [0.717, 1.165) is 24.1 Å². The summed E-state index contributed by atoms with van der Waals surface area (Å²) in [4.78, 5) is 5.04. The zero-order valence-corrected chi connectivity index (χ0v) is 15.6. The molecule has 4 heteroatoms.